The van der Waals surface area contributed by atoms with Crippen molar-refractivity contribution in [1.29, 1.82) is 0 Å². The molecule has 0 amide bonds. The molecule has 140 valence electrons. The van der Waals surface area contributed by atoms with Crippen LogP contribution in [0.15, 0.2) is 34.5 Å². The number of sulfonamides is 1. The topological polar surface area (TPSA) is 119 Å². The summed E-state index contributed by atoms with van der Waals surface area (Å²) >= 11 is 1.14. The number of aromatic carboxylic acids is 1. The fourth-order valence-electron chi connectivity index (χ4n) is 2.06. The zero-order chi connectivity index (χ0) is 19.3. The van der Waals surface area contributed by atoms with Gasteiger partial charge in [-0.15, -0.1) is 11.3 Å². The van der Waals surface area contributed by atoms with E-state index in [1.807, 2.05) is 0 Å². The van der Waals surface area contributed by atoms with Gasteiger partial charge in [0.25, 0.3) is 0 Å². The summed E-state index contributed by atoms with van der Waals surface area (Å²) in [6.45, 7) is 1.90. The lowest BCUT2D eigenvalue weighted by atomic mass is 10.2. The highest BCUT2D eigenvalue weighted by molar-refractivity contribution is 7.89. The van der Waals surface area contributed by atoms with E-state index in [2.05, 4.69) is 9.46 Å². The zero-order valence-corrected chi connectivity index (χ0v) is 15.6. The lowest BCUT2D eigenvalue weighted by molar-refractivity contribution is 0.0605. The second-order valence-corrected chi connectivity index (χ2v) is 7.71. The predicted octanol–water partition coefficient (Wildman–Crippen LogP) is 2.11. The van der Waals surface area contributed by atoms with Gasteiger partial charge in [0.15, 0.2) is 0 Å². The largest absolute Gasteiger partial charge is 0.493 e. The second-order valence-electron chi connectivity index (χ2n) is 5.03. The molecule has 10 heteroatoms. The molecule has 0 spiro atoms. The highest BCUT2D eigenvalue weighted by atomic mass is 32.2. The normalized spacial score (nSPS) is 11.2. The molecule has 1 aromatic carbocycles. The molecule has 1 aromatic heterocycles. The number of benzene rings is 1. The van der Waals surface area contributed by atoms with E-state index < -0.39 is 22.0 Å². The van der Waals surface area contributed by atoms with Gasteiger partial charge in [-0.3, -0.25) is 0 Å². The molecule has 0 atom stereocenters. The van der Waals surface area contributed by atoms with Crippen LogP contribution in [0.25, 0.3) is 0 Å². The molecule has 1 heterocycles. The fourth-order valence-corrected chi connectivity index (χ4v) is 3.93. The third kappa shape index (κ3) is 4.59. The first-order chi connectivity index (χ1) is 12.3. The summed E-state index contributed by atoms with van der Waals surface area (Å²) in [6, 6.07) is 5.15. The number of nitrogens with one attached hydrogen (secondary N) is 1. The van der Waals surface area contributed by atoms with Gasteiger partial charge < -0.3 is 14.6 Å². The van der Waals surface area contributed by atoms with E-state index in [9.17, 15) is 23.1 Å². The van der Waals surface area contributed by atoms with Crippen molar-refractivity contribution in [3.8, 4) is 5.75 Å². The Morgan fingerprint density at radius 1 is 1.27 bits per heavy atom. The van der Waals surface area contributed by atoms with Crippen LogP contribution in [0.5, 0.6) is 5.75 Å². The SMILES string of the molecule is CCOc1ccc(S(=O)(=O)NCc2csc(C(=O)OC)c2)cc1C(=O)O. The minimum Gasteiger partial charge on any atom is -0.493 e. The molecule has 0 saturated heterocycles. The molecule has 2 rings (SSSR count). The van der Waals surface area contributed by atoms with Crippen LogP contribution in [0.3, 0.4) is 0 Å². The number of thiophene rings is 1. The van der Waals surface area contributed by atoms with E-state index in [0.29, 0.717) is 10.4 Å². The Kier molecular flexibility index (Phi) is 6.35. The first-order valence-corrected chi connectivity index (χ1v) is 9.80. The standard InChI is InChI=1S/C16H17NO7S2/c1-3-24-13-5-4-11(7-12(13)15(18)19)26(21,22)17-8-10-6-14(25-9-10)16(20)23-2/h4-7,9,17H,3,8H2,1-2H3,(H,18,19). The van der Waals surface area contributed by atoms with Crippen molar-refractivity contribution < 1.29 is 32.6 Å². The van der Waals surface area contributed by atoms with Crippen LogP contribution in [0.1, 0.15) is 32.5 Å². The lowest BCUT2D eigenvalue weighted by Gasteiger charge is -2.10. The number of ether oxygens (including phenoxy) is 2. The number of esters is 1. The summed E-state index contributed by atoms with van der Waals surface area (Å²) < 4.78 is 37.0. The van der Waals surface area contributed by atoms with E-state index in [-0.39, 0.29) is 29.4 Å². The molecule has 2 N–H and O–H groups in total. The van der Waals surface area contributed by atoms with Gasteiger partial charge in [-0.25, -0.2) is 22.7 Å². The minimum absolute atomic E-state index is 0.0502. The molecule has 0 unspecified atom stereocenters. The first-order valence-electron chi connectivity index (χ1n) is 7.44. The van der Waals surface area contributed by atoms with Crippen LogP contribution in [-0.4, -0.2) is 39.2 Å². The summed E-state index contributed by atoms with van der Waals surface area (Å²) in [4.78, 5) is 22.9. The summed E-state index contributed by atoms with van der Waals surface area (Å²) in [5.41, 5.74) is 0.349. The molecule has 0 bridgehead atoms. The minimum atomic E-state index is -3.94. The Morgan fingerprint density at radius 3 is 2.62 bits per heavy atom. The van der Waals surface area contributed by atoms with Crippen molar-refractivity contribution in [2.45, 2.75) is 18.4 Å². The van der Waals surface area contributed by atoms with E-state index in [0.717, 1.165) is 17.4 Å². The molecular formula is C16H17NO7S2. The number of carboxylic acids is 1. The zero-order valence-electron chi connectivity index (χ0n) is 14.0. The van der Waals surface area contributed by atoms with Gasteiger partial charge in [0, 0.05) is 6.54 Å². The van der Waals surface area contributed by atoms with Crippen molar-refractivity contribution in [2.24, 2.45) is 0 Å². The molecule has 0 radical (unpaired) electrons. The van der Waals surface area contributed by atoms with E-state index in [1.54, 1.807) is 12.3 Å². The van der Waals surface area contributed by atoms with Crippen LogP contribution in [0.4, 0.5) is 0 Å². The number of methoxy groups -OCH3 is 1. The Morgan fingerprint density at radius 2 is 2.00 bits per heavy atom. The van der Waals surface area contributed by atoms with Crippen LogP contribution >= 0.6 is 11.3 Å². The molecule has 0 aliphatic rings. The molecule has 2 aromatic rings. The molecule has 0 aliphatic carbocycles. The Hall–Kier alpha value is -2.43. The monoisotopic (exact) mass is 399 g/mol. The summed E-state index contributed by atoms with van der Waals surface area (Å²) in [6.07, 6.45) is 0. The first kappa shape index (κ1) is 19.9. The van der Waals surface area contributed by atoms with Crippen LogP contribution in [0, 0.1) is 0 Å². The molecule has 8 nitrogen and oxygen atoms in total. The Labute approximate surface area is 154 Å². The molecule has 0 fully saturated rings. The molecule has 0 saturated carbocycles. The number of carboxylic acid groups (broad SMARTS) is 1. The maximum Gasteiger partial charge on any atom is 0.348 e. The van der Waals surface area contributed by atoms with Crippen molar-refractivity contribution in [3.05, 3.63) is 45.6 Å². The fraction of sp³-hybridized carbons (Fsp3) is 0.250. The average Bonchev–Trinajstić information content (AvgIpc) is 3.09. The second kappa shape index (κ2) is 8.30. The summed E-state index contributed by atoms with van der Waals surface area (Å²) in [5.74, 6) is -1.69. The van der Waals surface area contributed by atoms with Gasteiger partial charge >= 0.3 is 11.9 Å². The number of carbonyl (C=O) groups excluding carboxylic acids is 1. The van der Waals surface area contributed by atoms with Crippen LogP contribution in [-0.2, 0) is 21.3 Å². The van der Waals surface area contributed by atoms with Crippen molar-refractivity contribution in [3.63, 3.8) is 0 Å². The Balaban J connectivity index is 2.19. The van der Waals surface area contributed by atoms with E-state index in [4.69, 9.17) is 4.74 Å². The Bertz CT molecular complexity index is 918. The van der Waals surface area contributed by atoms with Crippen molar-refractivity contribution in [1.82, 2.24) is 4.72 Å². The highest BCUT2D eigenvalue weighted by Crippen LogP contribution is 2.23. The van der Waals surface area contributed by atoms with Gasteiger partial charge in [-0.1, -0.05) is 0 Å². The average molecular weight is 399 g/mol. The number of carbonyl (C=O) groups is 2. The van der Waals surface area contributed by atoms with E-state index >= 15 is 0 Å². The third-order valence-electron chi connectivity index (χ3n) is 3.30. The third-order valence-corrected chi connectivity index (χ3v) is 5.66. The predicted molar refractivity (Wildman–Crippen MR) is 94.3 cm³/mol. The molecular weight excluding hydrogens is 382 g/mol. The van der Waals surface area contributed by atoms with Gasteiger partial charge in [0.2, 0.25) is 10.0 Å². The molecule has 26 heavy (non-hydrogen) atoms. The smallest absolute Gasteiger partial charge is 0.348 e. The quantitative estimate of drug-likeness (QED) is 0.653. The number of rotatable bonds is 8. The number of hydrogen-bond acceptors (Lipinski definition) is 7. The van der Waals surface area contributed by atoms with Crippen LogP contribution in [0.2, 0.25) is 0 Å². The summed E-state index contributed by atoms with van der Waals surface area (Å²) in [7, 11) is -2.68. The number of hydrogen-bond donors (Lipinski definition) is 2. The maximum atomic E-state index is 12.4. The van der Waals surface area contributed by atoms with Crippen molar-refractivity contribution in [2.75, 3.05) is 13.7 Å². The van der Waals surface area contributed by atoms with Gasteiger partial charge in [0.1, 0.15) is 16.2 Å². The van der Waals surface area contributed by atoms with Gasteiger partial charge in [0.05, 0.1) is 18.6 Å². The van der Waals surface area contributed by atoms with Crippen molar-refractivity contribution >= 4 is 33.3 Å². The molecule has 0 aliphatic heterocycles. The maximum absolute atomic E-state index is 12.4. The van der Waals surface area contributed by atoms with Gasteiger partial charge in [-0.05, 0) is 42.1 Å². The summed E-state index contributed by atoms with van der Waals surface area (Å²) in [5, 5.41) is 10.9. The lowest BCUT2D eigenvalue weighted by Crippen LogP contribution is -2.23. The van der Waals surface area contributed by atoms with E-state index in [1.165, 1.54) is 25.3 Å². The highest BCUT2D eigenvalue weighted by Gasteiger charge is 2.20. The van der Waals surface area contributed by atoms with Gasteiger partial charge in [-0.2, -0.15) is 0 Å². The van der Waals surface area contributed by atoms with Crippen LogP contribution < -0.4 is 9.46 Å².